The molecule has 2 aliphatic heterocycles. The molecule has 84 valence electrons. The van der Waals surface area contributed by atoms with E-state index in [9.17, 15) is 4.79 Å². The van der Waals surface area contributed by atoms with Gasteiger partial charge in [-0.15, -0.1) is 0 Å². The molecule has 0 spiro atoms. The van der Waals surface area contributed by atoms with Crippen LogP contribution in [0.5, 0.6) is 0 Å². The Morgan fingerprint density at radius 3 is 3.27 bits per heavy atom. The highest BCUT2D eigenvalue weighted by Gasteiger charge is 2.20. The summed E-state index contributed by atoms with van der Waals surface area (Å²) in [5, 5.41) is 3.38. The van der Waals surface area contributed by atoms with Crippen LogP contribution >= 0.6 is 11.8 Å². The lowest BCUT2D eigenvalue weighted by Gasteiger charge is -2.23. The molecule has 1 unspecified atom stereocenters. The molecule has 1 atom stereocenters. The van der Waals surface area contributed by atoms with Gasteiger partial charge in [-0.2, -0.15) is 11.8 Å². The minimum absolute atomic E-state index is 0.259. The Balaban J connectivity index is 1.82. The molecule has 15 heavy (non-hydrogen) atoms. The third-order valence-electron chi connectivity index (χ3n) is 2.72. The Bertz CT molecular complexity index is 259. The topological polar surface area (TPSA) is 38.3 Å². The van der Waals surface area contributed by atoms with Crippen molar-refractivity contribution in [2.75, 3.05) is 24.7 Å². The monoisotopic (exact) mass is 227 g/mol. The quantitative estimate of drug-likeness (QED) is 0.790. The highest BCUT2D eigenvalue weighted by atomic mass is 32.2. The lowest BCUT2D eigenvalue weighted by atomic mass is 10.0. The summed E-state index contributed by atoms with van der Waals surface area (Å²) in [5.41, 5.74) is 0.874. The molecule has 1 N–H and O–H groups in total. The number of allylic oxidation sites excluding steroid dienone is 1. The summed E-state index contributed by atoms with van der Waals surface area (Å²) in [6, 6.07) is 0.360. The summed E-state index contributed by atoms with van der Waals surface area (Å²) in [4.78, 5) is 11.9. The van der Waals surface area contributed by atoms with Gasteiger partial charge in [0.1, 0.15) is 0 Å². The number of rotatable bonds is 3. The molecule has 1 saturated heterocycles. The molecule has 0 amide bonds. The van der Waals surface area contributed by atoms with Crippen molar-refractivity contribution in [2.24, 2.45) is 0 Å². The zero-order valence-electron chi connectivity index (χ0n) is 8.83. The number of carbonyl (C=O) groups excluding carboxylic acids is 1. The fourth-order valence-electron chi connectivity index (χ4n) is 1.88. The van der Waals surface area contributed by atoms with Crippen molar-refractivity contribution in [3.05, 3.63) is 11.8 Å². The van der Waals surface area contributed by atoms with Crippen LogP contribution in [-0.4, -0.2) is 36.5 Å². The first kappa shape index (κ1) is 11.0. The smallest absolute Gasteiger partial charge is 0.163 e. The number of ketones is 1. The average molecular weight is 227 g/mol. The summed E-state index contributed by atoms with van der Waals surface area (Å²) < 4.78 is 5.18. The van der Waals surface area contributed by atoms with Crippen LogP contribution in [0.2, 0.25) is 0 Å². The van der Waals surface area contributed by atoms with Gasteiger partial charge < -0.3 is 10.1 Å². The summed E-state index contributed by atoms with van der Waals surface area (Å²) in [7, 11) is 0. The van der Waals surface area contributed by atoms with Crippen LogP contribution in [-0.2, 0) is 9.53 Å². The Labute approximate surface area is 94.6 Å². The largest absolute Gasteiger partial charge is 0.501 e. The van der Waals surface area contributed by atoms with Crippen molar-refractivity contribution in [3.63, 3.8) is 0 Å². The van der Waals surface area contributed by atoms with E-state index in [2.05, 4.69) is 5.32 Å². The maximum Gasteiger partial charge on any atom is 0.163 e. The summed E-state index contributed by atoms with van der Waals surface area (Å²) >= 11 is 1.93. The lowest BCUT2D eigenvalue weighted by Crippen LogP contribution is -2.39. The summed E-state index contributed by atoms with van der Waals surface area (Å²) in [6.45, 7) is 1.78. The number of ether oxygens (including phenoxy) is 1. The number of hydrogen-bond donors (Lipinski definition) is 1. The van der Waals surface area contributed by atoms with Gasteiger partial charge in [0.2, 0.25) is 0 Å². The molecule has 0 aliphatic carbocycles. The maximum absolute atomic E-state index is 11.9. The third kappa shape index (κ3) is 3.24. The standard InChI is InChI=1S/C11H17NO2S/c13-11(9-2-1-4-14-7-9)6-10-8-15-5-3-12-10/h7,10,12H,1-6,8H2. The van der Waals surface area contributed by atoms with Crippen molar-refractivity contribution >= 4 is 17.5 Å². The molecular weight excluding hydrogens is 210 g/mol. The molecule has 0 aromatic rings. The van der Waals surface area contributed by atoms with Gasteiger partial charge >= 0.3 is 0 Å². The van der Waals surface area contributed by atoms with Crippen molar-refractivity contribution in [1.82, 2.24) is 5.32 Å². The lowest BCUT2D eigenvalue weighted by molar-refractivity contribution is -0.116. The Morgan fingerprint density at radius 1 is 1.67 bits per heavy atom. The van der Waals surface area contributed by atoms with Crippen LogP contribution in [0.4, 0.5) is 0 Å². The van der Waals surface area contributed by atoms with E-state index in [1.165, 1.54) is 0 Å². The van der Waals surface area contributed by atoms with Crippen LogP contribution in [0, 0.1) is 0 Å². The van der Waals surface area contributed by atoms with E-state index < -0.39 is 0 Å². The van der Waals surface area contributed by atoms with E-state index in [1.54, 1.807) is 6.26 Å². The summed E-state index contributed by atoms with van der Waals surface area (Å²) in [5.74, 6) is 2.48. The van der Waals surface area contributed by atoms with Gasteiger partial charge in [0.05, 0.1) is 12.9 Å². The Kier molecular flexibility index (Phi) is 4.09. The number of nitrogens with one attached hydrogen (secondary N) is 1. The molecule has 2 heterocycles. The van der Waals surface area contributed by atoms with Crippen molar-refractivity contribution in [3.8, 4) is 0 Å². The number of carbonyl (C=O) groups is 1. The first-order chi connectivity index (χ1) is 7.36. The average Bonchev–Trinajstić information content (AvgIpc) is 2.31. The number of thioether (sulfide) groups is 1. The van der Waals surface area contributed by atoms with Crippen LogP contribution in [0.3, 0.4) is 0 Å². The Morgan fingerprint density at radius 2 is 2.60 bits per heavy atom. The molecule has 0 saturated carbocycles. The molecule has 4 heteroatoms. The van der Waals surface area contributed by atoms with E-state index in [-0.39, 0.29) is 5.78 Å². The fraction of sp³-hybridized carbons (Fsp3) is 0.727. The zero-order chi connectivity index (χ0) is 10.5. The van der Waals surface area contributed by atoms with Gasteiger partial charge in [-0.1, -0.05) is 0 Å². The molecule has 0 aromatic carbocycles. The molecule has 1 fully saturated rings. The van der Waals surface area contributed by atoms with Crippen LogP contribution in [0.25, 0.3) is 0 Å². The molecule has 0 aromatic heterocycles. The van der Waals surface area contributed by atoms with E-state index in [0.29, 0.717) is 12.5 Å². The maximum atomic E-state index is 11.9. The SMILES string of the molecule is O=C(CC1CSCCN1)C1=COCCC1. The minimum Gasteiger partial charge on any atom is -0.501 e. The van der Waals surface area contributed by atoms with Crippen LogP contribution in [0.1, 0.15) is 19.3 Å². The number of Topliss-reactive ketones (excluding diaryl/α,β-unsaturated/α-hetero) is 1. The second kappa shape index (κ2) is 5.56. The minimum atomic E-state index is 0.259. The zero-order valence-corrected chi connectivity index (χ0v) is 9.65. The molecule has 3 nitrogen and oxygen atoms in total. The molecule has 0 bridgehead atoms. The van der Waals surface area contributed by atoms with Crippen molar-refractivity contribution in [1.29, 1.82) is 0 Å². The van der Waals surface area contributed by atoms with E-state index >= 15 is 0 Å². The molecule has 2 rings (SSSR count). The molecule has 0 radical (unpaired) electrons. The normalized spacial score (nSPS) is 26.7. The van der Waals surface area contributed by atoms with Gasteiger partial charge in [-0.05, 0) is 12.8 Å². The van der Waals surface area contributed by atoms with Crippen LogP contribution < -0.4 is 5.32 Å². The fourth-order valence-corrected chi connectivity index (χ4v) is 2.82. The van der Waals surface area contributed by atoms with E-state index in [4.69, 9.17) is 4.74 Å². The van der Waals surface area contributed by atoms with Crippen molar-refractivity contribution in [2.45, 2.75) is 25.3 Å². The number of hydrogen-bond acceptors (Lipinski definition) is 4. The first-order valence-electron chi connectivity index (χ1n) is 5.51. The van der Waals surface area contributed by atoms with Crippen molar-refractivity contribution < 1.29 is 9.53 Å². The second-order valence-corrected chi connectivity index (χ2v) is 5.12. The third-order valence-corrected chi connectivity index (χ3v) is 3.85. The molecule has 2 aliphatic rings. The highest BCUT2D eigenvalue weighted by molar-refractivity contribution is 7.99. The van der Waals surface area contributed by atoms with E-state index in [1.807, 2.05) is 11.8 Å². The predicted molar refractivity (Wildman–Crippen MR) is 62.0 cm³/mol. The first-order valence-corrected chi connectivity index (χ1v) is 6.67. The van der Waals surface area contributed by atoms with Gasteiger partial charge in [-0.3, -0.25) is 4.79 Å². The van der Waals surface area contributed by atoms with Gasteiger partial charge in [0.15, 0.2) is 5.78 Å². The van der Waals surface area contributed by atoms with Crippen LogP contribution in [0.15, 0.2) is 11.8 Å². The summed E-state index contributed by atoms with van der Waals surface area (Å²) in [6.07, 6.45) is 4.15. The van der Waals surface area contributed by atoms with E-state index in [0.717, 1.165) is 43.1 Å². The predicted octanol–water partition coefficient (Wildman–Crippen LogP) is 1.34. The van der Waals surface area contributed by atoms with Gasteiger partial charge in [-0.25, -0.2) is 0 Å². The molecular formula is C11H17NO2S. The van der Waals surface area contributed by atoms with Gasteiger partial charge in [0.25, 0.3) is 0 Å². The highest BCUT2D eigenvalue weighted by Crippen LogP contribution is 2.17. The Hall–Kier alpha value is -0.480. The van der Waals surface area contributed by atoms with Gasteiger partial charge in [0, 0.05) is 36.1 Å². The second-order valence-electron chi connectivity index (χ2n) is 3.97.